The third kappa shape index (κ3) is 4.58. The lowest BCUT2D eigenvalue weighted by Crippen LogP contribution is -2.30. The van der Waals surface area contributed by atoms with Crippen molar-refractivity contribution in [1.82, 2.24) is 4.57 Å². The number of carbonyl (C=O) groups is 2. The molecule has 1 atom stereocenters. The minimum Gasteiger partial charge on any atom is -0.495 e. The Balaban J connectivity index is 1.82. The van der Waals surface area contributed by atoms with Crippen LogP contribution in [-0.4, -0.2) is 29.7 Å². The predicted molar refractivity (Wildman–Crippen MR) is 119 cm³/mol. The van der Waals surface area contributed by atoms with Gasteiger partial charge in [-0.1, -0.05) is 11.6 Å². The lowest BCUT2D eigenvalue weighted by Gasteiger charge is -2.15. The van der Waals surface area contributed by atoms with E-state index in [1.54, 1.807) is 49.7 Å². The van der Waals surface area contributed by atoms with Gasteiger partial charge in [0.05, 0.1) is 23.9 Å². The summed E-state index contributed by atoms with van der Waals surface area (Å²) in [6.07, 6.45) is -1.05. The minimum absolute atomic E-state index is 0.327. The highest BCUT2D eigenvalue weighted by atomic mass is 35.5. The van der Waals surface area contributed by atoms with Crippen LogP contribution >= 0.6 is 22.9 Å². The number of hydrogen-bond acceptors (Lipinski definition) is 6. The minimum atomic E-state index is -1.05. The molecule has 7 nitrogen and oxygen atoms in total. The number of nitrogens with zero attached hydrogens (tertiary/aromatic N) is 2. The maximum absolute atomic E-state index is 12.8. The number of benzene rings is 1. The number of ether oxygens (including phenoxy) is 2. The summed E-state index contributed by atoms with van der Waals surface area (Å²) in [6, 6.07) is 10.5. The van der Waals surface area contributed by atoms with E-state index in [2.05, 4.69) is 5.32 Å². The number of esters is 1. The van der Waals surface area contributed by atoms with Crippen molar-refractivity contribution < 1.29 is 19.1 Å². The molecule has 2 heterocycles. The number of halogens is 1. The SMILES string of the molecule is COc1ccc(Cl)cc1-n1c(C)cc(C(=O)OC(C)C(=O)Nc2sccc2C#N)c1C. The van der Waals surface area contributed by atoms with Crippen LogP contribution in [-0.2, 0) is 9.53 Å². The van der Waals surface area contributed by atoms with Crippen LogP contribution in [0, 0.1) is 25.2 Å². The molecule has 160 valence electrons. The molecule has 9 heteroatoms. The van der Waals surface area contributed by atoms with Crippen molar-refractivity contribution in [3.05, 3.63) is 63.2 Å². The largest absolute Gasteiger partial charge is 0.495 e. The number of carbonyl (C=O) groups excluding carboxylic acids is 2. The Kier molecular flexibility index (Phi) is 6.68. The van der Waals surface area contributed by atoms with Gasteiger partial charge in [-0.2, -0.15) is 5.26 Å². The van der Waals surface area contributed by atoms with Crippen LogP contribution in [0.25, 0.3) is 5.69 Å². The molecule has 2 aromatic heterocycles. The average Bonchev–Trinajstić information content (AvgIpc) is 3.30. The zero-order valence-electron chi connectivity index (χ0n) is 17.4. The summed E-state index contributed by atoms with van der Waals surface area (Å²) >= 11 is 7.38. The quantitative estimate of drug-likeness (QED) is 0.533. The molecule has 1 unspecified atom stereocenters. The van der Waals surface area contributed by atoms with Crippen molar-refractivity contribution in [2.24, 2.45) is 0 Å². The summed E-state index contributed by atoms with van der Waals surface area (Å²) in [5, 5.41) is 14.3. The number of amides is 1. The van der Waals surface area contributed by atoms with Crippen LogP contribution in [0.2, 0.25) is 5.02 Å². The van der Waals surface area contributed by atoms with E-state index in [0.29, 0.717) is 38.3 Å². The molecule has 0 bridgehead atoms. The Morgan fingerprint density at radius 2 is 2.00 bits per heavy atom. The van der Waals surface area contributed by atoms with E-state index in [-0.39, 0.29) is 0 Å². The van der Waals surface area contributed by atoms with E-state index >= 15 is 0 Å². The third-order valence-electron chi connectivity index (χ3n) is 4.71. The standard InChI is InChI=1S/C22H20ClN3O4S/c1-12-9-17(13(2)26(12)18-10-16(23)5-6-19(18)29-4)22(28)30-14(3)20(27)25-21-15(11-24)7-8-31-21/h5-10,14H,1-4H3,(H,25,27). The molecule has 1 amide bonds. The number of anilines is 1. The van der Waals surface area contributed by atoms with Crippen molar-refractivity contribution in [2.45, 2.75) is 26.9 Å². The van der Waals surface area contributed by atoms with Crippen LogP contribution in [0.1, 0.15) is 34.2 Å². The molecule has 0 fully saturated rings. The Morgan fingerprint density at radius 3 is 2.68 bits per heavy atom. The van der Waals surface area contributed by atoms with Gasteiger partial charge < -0.3 is 19.4 Å². The lowest BCUT2D eigenvalue weighted by molar-refractivity contribution is -0.123. The van der Waals surface area contributed by atoms with Gasteiger partial charge in [0.25, 0.3) is 5.91 Å². The molecule has 3 aromatic rings. The summed E-state index contributed by atoms with van der Waals surface area (Å²) in [6.45, 7) is 5.10. The van der Waals surface area contributed by atoms with Gasteiger partial charge in [0.15, 0.2) is 6.10 Å². The van der Waals surface area contributed by atoms with Crippen LogP contribution in [0.15, 0.2) is 35.7 Å². The number of nitrogens with one attached hydrogen (secondary N) is 1. The zero-order chi connectivity index (χ0) is 22.7. The number of hydrogen-bond donors (Lipinski definition) is 1. The second-order valence-corrected chi connectivity index (χ2v) is 8.10. The fourth-order valence-electron chi connectivity index (χ4n) is 3.16. The first kappa shape index (κ1) is 22.4. The first-order valence-electron chi connectivity index (χ1n) is 9.29. The molecule has 0 aliphatic rings. The maximum atomic E-state index is 12.8. The summed E-state index contributed by atoms with van der Waals surface area (Å²) in [7, 11) is 1.56. The number of rotatable bonds is 6. The maximum Gasteiger partial charge on any atom is 0.340 e. The summed E-state index contributed by atoms with van der Waals surface area (Å²) in [5.41, 5.74) is 2.78. The zero-order valence-corrected chi connectivity index (χ0v) is 18.9. The Hall–Kier alpha value is -3.28. The molecule has 0 saturated heterocycles. The molecular formula is C22H20ClN3O4S. The van der Waals surface area contributed by atoms with Gasteiger partial charge >= 0.3 is 5.97 Å². The highest BCUT2D eigenvalue weighted by Crippen LogP contribution is 2.31. The van der Waals surface area contributed by atoms with E-state index in [0.717, 1.165) is 5.69 Å². The number of aromatic nitrogens is 1. The molecule has 0 radical (unpaired) electrons. The Labute approximate surface area is 188 Å². The fraction of sp³-hybridized carbons (Fsp3) is 0.227. The smallest absolute Gasteiger partial charge is 0.340 e. The van der Waals surface area contributed by atoms with E-state index in [4.69, 9.17) is 26.3 Å². The van der Waals surface area contributed by atoms with Gasteiger partial charge in [0.1, 0.15) is 16.8 Å². The molecule has 0 aliphatic heterocycles. The van der Waals surface area contributed by atoms with Crippen LogP contribution in [0.3, 0.4) is 0 Å². The van der Waals surface area contributed by atoms with Crippen molar-refractivity contribution in [1.29, 1.82) is 5.26 Å². The second kappa shape index (κ2) is 9.25. The Morgan fingerprint density at radius 1 is 1.26 bits per heavy atom. The Bertz CT molecular complexity index is 1190. The molecule has 0 saturated carbocycles. The second-order valence-electron chi connectivity index (χ2n) is 6.75. The van der Waals surface area contributed by atoms with E-state index in [1.165, 1.54) is 18.3 Å². The number of methoxy groups -OCH3 is 1. The van der Waals surface area contributed by atoms with Gasteiger partial charge in [-0.05, 0) is 56.5 Å². The lowest BCUT2D eigenvalue weighted by atomic mass is 10.2. The van der Waals surface area contributed by atoms with Crippen LogP contribution < -0.4 is 10.1 Å². The monoisotopic (exact) mass is 457 g/mol. The molecular weight excluding hydrogens is 438 g/mol. The third-order valence-corrected chi connectivity index (χ3v) is 5.77. The van der Waals surface area contributed by atoms with E-state index in [9.17, 15) is 9.59 Å². The summed E-state index contributed by atoms with van der Waals surface area (Å²) < 4.78 is 12.7. The summed E-state index contributed by atoms with van der Waals surface area (Å²) in [5.74, 6) is -0.546. The molecule has 1 aromatic carbocycles. The predicted octanol–water partition coefficient (Wildman–Crippen LogP) is 4.87. The fourth-order valence-corrected chi connectivity index (χ4v) is 4.07. The van der Waals surface area contributed by atoms with Gasteiger partial charge in [0.2, 0.25) is 0 Å². The van der Waals surface area contributed by atoms with Crippen molar-refractivity contribution in [2.75, 3.05) is 12.4 Å². The first-order chi connectivity index (χ1) is 14.8. The van der Waals surface area contributed by atoms with Crippen LogP contribution in [0.4, 0.5) is 5.00 Å². The van der Waals surface area contributed by atoms with Crippen molar-refractivity contribution in [3.8, 4) is 17.5 Å². The topological polar surface area (TPSA) is 93.3 Å². The normalized spacial score (nSPS) is 11.5. The van der Waals surface area contributed by atoms with Crippen molar-refractivity contribution in [3.63, 3.8) is 0 Å². The van der Waals surface area contributed by atoms with Gasteiger partial charge in [-0.3, -0.25) is 4.79 Å². The van der Waals surface area contributed by atoms with E-state index in [1.807, 2.05) is 17.6 Å². The molecule has 0 aliphatic carbocycles. The molecule has 3 rings (SSSR count). The summed E-state index contributed by atoms with van der Waals surface area (Å²) in [4.78, 5) is 25.2. The van der Waals surface area contributed by atoms with Gasteiger partial charge in [-0.15, -0.1) is 11.3 Å². The highest BCUT2D eigenvalue weighted by Gasteiger charge is 2.24. The van der Waals surface area contributed by atoms with Gasteiger partial charge in [0, 0.05) is 16.4 Å². The molecule has 31 heavy (non-hydrogen) atoms. The van der Waals surface area contributed by atoms with Gasteiger partial charge in [-0.25, -0.2) is 4.79 Å². The number of aryl methyl sites for hydroxylation is 1. The number of nitriles is 1. The highest BCUT2D eigenvalue weighted by molar-refractivity contribution is 7.14. The molecule has 1 N–H and O–H groups in total. The van der Waals surface area contributed by atoms with E-state index < -0.39 is 18.0 Å². The average molecular weight is 458 g/mol. The molecule has 0 spiro atoms. The van der Waals surface area contributed by atoms with Crippen molar-refractivity contribution >= 4 is 39.8 Å². The first-order valence-corrected chi connectivity index (χ1v) is 10.5. The number of thiophene rings is 1. The van der Waals surface area contributed by atoms with Crippen LogP contribution in [0.5, 0.6) is 5.75 Å².